The molecule has 8 nitrogen and oxygen atoms in total. The van der Waals surface area contributed by atoms with E-state index in [4.69, 9.17) is 11.6 Å². The molecule has 0 spiro atoms. The molecule has 0 radical (unpaired) electrons. The van der Waals surface area contributed by atoms with E-state index in [0.29, 0.717) is 41.1 Å². The van der Waals surface area contributed by atoms with Crippen LogP contribution in [0, 0.1) is 11.3 Å². The number of nitriles is 1. The smallest absolute Gasteiger partial charge is 0.252 e. The van der Waals surface area contributed by atoms with Gasteiger partial charge >= 0.3 is 0 Å². The second kappa shape index (κ2) is 12.2. The lowest BCUT2D eigenvalue weighted by Gasteiger charge is -2.29. The van der Waals surface area contributed by atoms with Gasteiger partial charge in [-0.3, -0.25) is 9.59 Å². The highest BCUT2D eigenvalue weighted by atomic mass is 35.5. The first-order valence-electron chi connectivity index (χ1n) is 12.2. The molecule has 38 heavy (non-hydrogen) atoms. The lowest BCUT2D eigenvalue weighted by Crippen LogP contribution is -2.48. The van der Waals surface area contributed by atoms with Crippen LogP contribution in [-0.2, 0) is 21.4 Å². The Bertz CT molecular complexity index is 1420. The summed E-state index contributed by atoms with van der Waals surface area (Å²) in [5.74, 6) is -0.764. The van der Waals surface area contributed by atoms with Crippen molar-refractivity contribution in [2.45, 2.75) is 42.8 Å². The average Bonchev–Trinajstić information content (AvgIpc) is 3.15. The molecule has 3 aromatic carbocycles. The Morgan fingerprint density at radius 1 is 1.05 bits per heavy atom. The zero-order valence-electron chi connectivity index (χ0n) is 20.5. The van der Waals surface area contributed by atoms with Crippen LogP contribution < -0.4 is 10.6 Å². The molecule has 3 aromatic rings. The Balaban J connectivity index is 1.57. The topological polar surface area (TPSA) is 119 Å². The second-order valence-corrected chi connectivity index (χ2v) is 11.3. The zero-order valence-corrected chi connectivity index (χ0v) is 22.1. The summed E-state index contributed by atoms with van der Waals surface area (Å²) in [5.41, 5.74) is 1.60. The minimum atomic E-state index is -4.04. The third kappa shape index (κ3) is 6.40. The van der Waals surface area contributed by atoms with E-state index in [1.54, 1.807) is 48.5 Å². The van der Waals surface area contributed by atoms with Crippen molar-refractivity contribution in [3.05, 3.63) is 101 Å². The van der Waals surface area contributed by atoms with Gasteiger partial charge in [0.25, 0.3) is 5.91 Å². The van der Waals surface area contributed by atoms with Crippen LogP contribution >= 0.6 is 11.6 Å². The summed E-state index contributed by atoms with van der Waals surface area (Å²) in [6.45, 7) is 0.441. The van der Waals surface area contributed by atoms with Crippen LogP contribution in [0.15, 0.2) is 83.8 Å². The number of rotatable bonds is 8. The number of hydrogen-bond donors (Lipinski definition) is 2. The number of hydrogen-bond acceptors (Lipinski definition) is 5. The van der Waals surface area contributed by atoms with Gasteiger partial charge < -0.3 is 10.6 Å². The predicted molar refractivity (Wildman–Crippen MR) is 144 cm³/mol. The van der Waals surface area contributed by atoms with E-state index in [1.807, 2.05) is 6.07 Å². The summed E-state index contributed by atoms with van der Waals surface area (Å²) < 4.78 is 28.6. The number of carbonyl (C=O) groups excluding carboxylic acids is 2. The van der Waals surface area contributed by atoms with E-state index >= 15 is 0 Å². The number of carbonyl (C=O) groups is 2. The van der Waals surface area contributed by atoms with Crippen LogP contribution in [0.1, 0.15) is 46.8 Å². The molecule has 1 saturated heterocycles. The van der Waals surface area contributed by atoms with Gasteiger partial charge in [0.1, 0.15) is 12.1 Å². The molecule has 2 N–H and O–H groups in total. The summed E-state index contributed by atoms with van der Waals surface area (Å²) in [4.78, 5) is 25.7. The van der Waals surface area contributed by atoms with Gasteiger partial charge in [-0.1, -0.05) is 54.1 Å². The van der Waals surface area contributed by atoms with Crippen molar-refractivity contribution in [1.29, 1.82) is 5.26 Å². The van der Waals surface area contributed by atoms with Crippen molar-refractivity contribution in [1.82, 2.24) is 14.9 Å². The molecule has 4 rings (SSSR count). The first-order valence-corrected chi connectivity index (χ1v) is 14.0. The van der Waals surface area contributed by atoms with E-state index in [9.17, 15) is 23.3 Å². The maximum atomic E-state index is 13.7. The summed E-state index contributed by atoms with van der Waals surface area (Å²) >= 11 is 5.96. The molecule has 196 valence electrons. The van der Waals surface area contributed by atoms with Gasteiger partial charge in [0.05, 0.1) is 11.0 Å². The van der Waals surface area contributed by atoms with E-state index in [0.717, 1.165) is 6.42 Å². The van der Waals surface area contributed by atoms with Crippen LogP contribution in [0.25, 0.3) is 0 Å². The molecular weight excluding hydrogens is 524 g/mol. The largest absolute Gasteiger partial charge is 0.355 e. The highest BCUT2D eigenvalue weighted by molar-refractivity contribution is 7.89. The minimum absolute atomic E-state index is 0.0402. The first-order chi connectivity index (χ1) is 18.3. The van der Waals surface area contributed by atoms with Gasteiger partial charge in [-0.15, -0.1) is 0 Å². The summed E-state index contributed by atoms with van der Waals surface area (Å²) in [7, 11) is -4.04. The maximum Gasteiger partial charge on any atom is 0.252 e. The Labute approximate surface area is 227 Å². The molecule has 2 amide bonds. The monoisotopic (exact) mass is 550 g/mol. The van der Waals surface area contributed by atoms with Crippen LogP contribution in [0.4, 0.5) is 0 Å². The van der Waals surface area contributed by atoms with Crippen LogP contribution in [-0.4, -0.2) is 37.1 Å². The van der Waals surface area contributed by atoms with Crippen LogP contribution in [0.5, 0.6) is 0 Å². The fraction of sp³-hybridized carbons (Fsp3) is 0.250. The molecule has 10 heteroatoms. The third-order valence-electron chi connectivity index (χ3n) is 6.37. The SMILES string of the molecule is N#CC(NC(=O)c1ccc(CN([C@@H]2CCCCNC2=O)S(=O)(=O)c2ccc(Cl)cc2)cc1)c1ccccc1. The highest BCUT2D eigenvalue weighted by Gasteiger charge is 2.36. The van der Waals surface area contributed by atoms with Gasteiger partial charge in [0.2, 0.25) is 15.9 Å². The Morgan fingerprint density at radius 3 is 2.39 bits per heavy atom. The number of sulfonamides is 1. The number of nitrogens with zero attached hydrogens (tertiary/aromatic N) is 2. The molecular formula is C28H27ClN4O4S. The van der Waals surface area contributed by atoms with Gasteiger partial charge in [-0.05, 0) is 66.8 Å². The highest BCUT2D eigenvalue weighted by Crippen LogP contribution is 2.26. The van der Waals surface area contributed by atoms with Crippen LogP contribution in [0.3, 0.4) is 0 Å². The van der Waals surface area contributed by atoms with Crippen molar-refractivity contribution in [2.75, 3.05) is 6.54 Å². The van der Waals surface area contributed by atoms with Gasteiger partial charge in [-0.2, -0.15) is 9.57 Å². The molecule has 0 aliphatic carbocycles. The van der Waals surface area contributed by atoms with Crippen molar-refractivity contribution in [3.8, 4) is 6.07 Å². The fourth-order valence-electron chi connectivity index (χ4n) is 4.29. The average molecular weight is 551 g/mol. The van der Waals surface area contributed by atoms with Gasteiger partial charge in [0.15, 0.2) is 0 Å². The van der Waals surface area contributed by atoms with E-state index in [-0.39, 0.29) is 17.3 Å². The third-order valence-corrected chi connectivity index (χ3v) is 8.49. The zero-order chi connectivity index (χ0) is 27.1. The molecule has 2 atom stereocenters. The fourth-order valence-corrected chi connectivity index (χ4v) is 6.03. The van der Waals surface area contributed by atoms with Crippen LogP contribution in [0.2, 0.25) is 5.02 Å². The van der Waals surface area contributed by atoms with Crippen molar-refractivity contribution < 1.29 is 18.0 Å². The second-order valence-electron chi connectivity index (χ2n) is 8.95. The van der Waals surface area contributed by atoms with E-state index in [1.165, 1.54) is 28.6 Å². The van der Waals surface area contributed by atoms with E-state index < -0.39 is 28.0 Å². The molecule has 1 aliphatic heterocycles. The number of nitrogens with one attached hydrogen (secondary N) is 2. The summed E-state index contributed by atoms with van der Waals surface area (Å²) in [6, 6.07) is 21.6. The Hall–Kier alpha value is -3.71. The Morgan fingerprint density at radius 2 is 1.74 bits per heavy atom. The number of benzene rings is 3. The summed E-state index contributed by atoms with van der Waals surface area (Å²) in [5, 5.41) is 15.4. The maximum absolute atomic E-state index is 13.7. The molecule has 0 saturated carbocycles. The van der Waals surface area contributed by atoms with Gasteiger partial charge in [0, 0.05) is 23.7 Å². The summed E-state index contributed by atoms with van der Waals surface area (Å²) in [6.07, 6.45) is 1.87. The van der Waals surface area contributed by atoms with Crippen molar-refractivity contribution in [2.24, 2.45) is 0 Å². The van der Waals surface area contributed by atoms with E-state index in [2.05, 4.69) is 16.7 Å². The molecule has 0 bridgehead atoms. The Kier molecular flexibility index (Phi) is 8.79. The van der Waals surface area contributed by atoms with Gasteiger partial charge in [-0.25, -0.2) is 8.42 Å². The molecule has 0 aromatic heterocycles. The number of halogens is 1. The quantitative estimate of drug-likeness (QED) is 0.436. The normalized spacial score (nSPS) is 16.7. The molecule has 1 heterocycles. The lowest BCUT2D eigenvalue weighted by atomic mass is 10.1. The first kappa shape index (κ1) is 27.3. The number of amides is 2. The van der Waals surface area contributed by atoms with Crippen molar-refractivity contribution >= 4 is 33.4 Å². The minimum Gasteiger partial charge on any atom is -0.355 e. The molecule has 1 fully saturated rings. The van der Waals surface area contributed by atoms with Crippen molar-refractivity contribution in [3.63, 3.8) is 0 Å². The molecule has 1 unspecified atom stereocenters. The lowest BCUT2D eigenvalue weighted by molar-refractivity contribution is -0.124. The standard InChI is InChI=1S/C28H27ClN4O4S/c29-23-13-15-24(16-14-23)38(36,37)33(26-8-4-5-17-31-28(26)35)19-20-9-11-22(12-10-20)27(34)32-25(18-30)21-6-2-1-3-7-21/h1-3,6-7,9-16,25-26H,4-5,8,17,19H2,(H,31,35)(H,32,34)/t25?,26-/m1/s1. The molecule has 1 aliphatic rings. The predicted octanol–water partition coefficient (Wildman–Crippen LogP) is 4.19.